The standard InChI is InChI=1S/C41H50N8O10/c1-23(45-39(57)30-19-27-18-29(52)14-11-26(27)20-43-30)37(55)47-31(16-24-6-3-2-4-7-24)38(56)44-21-35(53)46-32(17-25-9-12-28(51)13-10-25)41(59)49-15-5-8-34(49)40(58)48-33(22-50)36(42)54/h2-4,6-7,9-14,18,23,30-34,43,50-52H,5,8,15-17,19-22H2,1H3,(H2,42,54)(H,44,56)(H,45,57)(H,46,53)(H,47,55)(H,48,58)/t23-,30?,31+,32+,33+,34+/m1/s1. The number of benzene rings is 3. The molecule has 3 aromatic carbocycles. The van der Waals surface area contributed by atoms with Crippen molar-refractivity contribution in [2.45, 2.75) is 81.8 Å². The van der Waals surface area contributed by atoms with E-state index in [4.69, 9.17) is 5.73 Å². The van der Waals surface area contributed by atoms with Gasteiger partial charge in [0.1, 0.15) is 41.7 Å². The van der Waals surface area contributed by atoms with Gasteiger partial charge in [-0.2, -0.15) is 0 Å². The lowest BCUT2D eigenvalue weighted by molar-refractivity contribution is -0.142. The van der Waals surface area contributed by atoms with Gasteiger partial charge >= 0.3 is 0 Å². The Hall–Kier alpha value is -6.53. The second kappa shape index (κ2) is 20.2. The molecule has 1 saturated heterocycles. The zero-order valence-corrected chi connectivity index (χ0v) is 32.5. The van der Waals surface area contributed by atoms with Crippen LogP contribution < -0.4 is 37.6 Å². The van der Waals surface area contributed by atoms with E-state index in [9.17, 15) is 48.9 Å². The number of carbonyl (C=O) groups is 7. The Labute approximate surface area is 340 Å². The molecule has 18 heteroatoms. The normalized spacial score (nSPS) is 17.9. The third kappa shape index (κ3) is 12.0. The molecule has 2 aliphatic rings. The minimum atomic E-state index is -1.36. The van der Waals surface area contributed by atoms with Gasteiger partial charge in [0.25, 0.3) is 0 Å². The van der Waals surface area contributed by atoms with Crippen LogP contribution in [-0.4, -0.2) is 118 Å². The summed E-state index contributed by atoms with van der Waals surface area (Å²) in [5.41, 5.74) is 8.28. The highest BCUT2D eigenvalue weighted by atomic mass is 16.3. The van der Waals surface area contributed by atoms with E-state index in [-0.39, 0.29) is 37.3 Å². The fraction of sp³-hybridized carbons (Fsp3) is 0.390. The number of phenolic OH excluding ortho intramolecular Hbond substituents is 2. The number of nitrogens with one attached hydrogen (secondary N) is 6. The molecule has 59 heavy (non-hydrogen) atoms. The zero-order chi connectivity index (χ0) is 42.6. The van der Waals surface area contributed by atoms with Crippen molar-refractivity contribution < 1.29 is 48.9 Å². The van der Waals surface area contributed by atoms with Gasteiger partial charge in [-0.15, -0.1) is 0 Å². The Morgan fingerprint density at radius 1 is 0.780 bits per heavy atom. The number of aliphatic hydroxyl groups excluding tert-OH is 1. The number of hydrogen-bond donors (Lipinski definition) is 10. The SMILES string of the molecule is C[C@@H](NC(=O)C1Cc2cc(O)ccc2CN1)C(=O)N[C@@H](Cc1ccccc1)C(=O)NCC(=O)N[C@@H](Cc1ccc(O)cc1)C(=O)N1CCC[C@H]1C(=O)N[C@@H](CO)C(N)=O. The molecular formula is C41H50N8O10. The van der Waals surface area contributed by atoms with Crippen LogP contribution in [0.1, 0.15) is 42.0 Å². The summed E-state index contributed by atoms with van der Waals surface area (Å²) >= 11 is 0. The molecule has 314 valence electrons. The number of primary amides is 1. The van der Waals surface area contributed by atoms with E-state index in [1.54, 1.807) is 60.7 Å². The molecule has 5 rings (SSSR count). The number of nitrogens with two attached hydrogens (primary N) is 1. The van der Waals surface area contributed by atoms with Crippen molar-refractivity contribution >= 4 is 41.4 Å². The molecule has 0 saturated carbocycles. The highest BCUT2D eigenvalue weighted by Crippen LogP contribution is 2.23. The summed E-state index contributed by atoms with van der Waals surface area (Å²) in [5.74, 6) is -4.78. The molecule has 2 heterocycles. The van der Waals surface area contributed by atoms with Gasteiger partial charge in [-0.3, -0.25) is 33.6 Å². The number of rotatable bonds is 17. The zero-order valence-electron chi connectivity index (χ0n) is 32.5. The fourth-order valence-corrected chi connectivity index (χ4v) is 7.00. The lowest BCUT2D eigenvalue weighted by Gasteiger charge is -2.29. The van der Waals surface area contributed by atoms with Crippen LogP contribution in [0.4, 0.5) is 0 Å². The fourth-order valence-electron chi connectivity index (χ4n) is 7.00. The van der Waals surface area contributed by atoms with Crippen molar-refractivity contribution in [3.8, 4) is 11.5 Å². The van der Waals surface area contributed by atoms with Crippen LogP contribution in [0.25, 0.3) is 0 Å². The van der Waals surface area contributed by atoms with Crippen LogP contribution in [-0.2, 0) is 59.4 Å². The van der Waals surface area contributed by atoms with Crippen molar-refractivity contribution in [2.24, 2.45) is 5.73 Å². The van der Waals surface area contributed by atoms with E-state index in [0.717, 1.165) is 11.1 Å². The first kappa shape index (κ1) is 43.6. The van der Waals surface area contributed by atoms with Gasteiger partial charge < -0.3 is 57.9 Å². The molecule has 18 nitrogen and oxygen atoms in total. The molecule has 2 aliphatic heterocycles. The number of hydrogen-bond acceptors (Lipinski definition) is 11. The summed E-state index contributed by atoms with van der Waals surface area (Å²) in [6.07, 6.45) is 0.972. The van der Waals surface area contributed by atoms with Crippen LogP contribution in [0.2, 0.25) is 0 Å². The molecule has 0 spiro atoms. The van der Waals surface area contributed by atoms with Gasteiger partial charge in [0.2, 0.25) is 41.4 Å². The van der Waals surface area contributed by atoms with Crippen molar-refractivity contribution in [3.05, 3.63) is 95.1 Å². The van der Waals surface area contributed by atoms with Gasteiger partial charge in [-0.05, 0) is 72.7 Å². The number of aliphatic hydroxyl groups is 1. The molecular weight excluding hydrogens is 764 g/mol. The largest absolute Gasteiger partial charge is 0.508 e. The van der Waals surface area contributed by atoms with E-state index in [2.05, 4.69) is 31.9 Å². The highest BCUT2D eigenvalue weighted by molar-refractivity contribution is 5.96. The van der Waals surface area contributed by atoms with E-state index < -0.39 is 90.8 Å². The highest BCUT2D eigenvalue weighted by Gasteiger charge is 2.39. The number of phenols is 2. The third-order valence-corrected chi connectivity index (χ3v) is 10.3. The average Bonchev–Trinajstić information content (AvgIpc) is 3.72. The average molecular weight is 815 g/mol. The second-order valence-corrected chi connectivity index (χ2v) is 14.6. The van der Waals surface area contributed by atoms with Gasteiger partial charge in [-0.25, -0.2) is 0 Å². The Morgan fingerprint density at radius 3 is 2.15 bits per heavy atom. The van der Waals surface area contributed by atoms with Crippen LogP contribution in [0.15, 0.2) is 72.8 Å². The van der Waals surface area contributed by atoms with E-state index in [0.29, 0.717) is 30.5 Å². The van der Waals surface area contributed by atoms with Crippen molar-refractivity contribution in [1.82, 2.24) is 36.8 Å². The summed E-state index contributed by atoms with van der Waals surface area (Å²) in [5, 5.41) is 45.2. The van der Waals surface area contributed by atoms with Gasteiger partial charge in [0, 0.05) is 25.9 Å². The lowest BCUT2D eigenvalue weighted by Crippen LogP contribution is -2.58. The maximum atomic E-state index is 14.0. The number of nitrogens with zero attached hydrogens (tertiary/aromatic N) is 1. The maximum absolute atomic E-state index is 14.0. The number of fused-ring (bicyclic) bond motifs is 1. The van der Waals surface area contributed by atoms with Crippen LogP contribution in [0, 0.1) is 0 Å². The molecule has 0 aliphatic carbocycles. The molecule has 1 unspecified atom stereocenters. The Bertz CT molecular complexity index is 2010. The number of amides is 7. The smallest absolute Gasteiger partial charge is 0.246 e. The topological polar surface area (TPSA) is 282 Å². The summed E-state index contributed by atoms with van der Waals surface area (Å²) in [4.78, 5) is 93.6. The molecule has 1 fully saturated rings. The number of likely N-dealkylation sites (tertiary alicyclic amines) is 1. The predicted octanol–water partition coefficient (Wildman–Crippen LogP) is -1.86. The van der Waals surface area contributed by atoms with Crippen LogP contribution in [0.5, 0.6) is 11.5 Å². The first-order chi connectivity index (χ1) is 28.2. The quantitative estimate of drug-likeness (QED) is 0.0722. The van der Waals surface area contributed by atoms with Crippen LogP contribution >= 0.6 is 0 Å². The monoisotopic (exact) mass is 814 g/mol. The maximum Gasteiger partial charge on any atom is 0.246 e. The minimum absolute atomic E-state index is 0.0178. The second-order valence-electron chi connectivity index (χ2n) is 14.6. The lowest BCUT2D eigenvalue weighted by atomic mass is 9.95. The summed E-state index contributed by atoms with van der Waals surface area (Å²) in [7, 11) is 0. The molecule has 6 atom stereocenters. The Morgan fingerprint density at radius 2 is 1.46 bits per heavy atom. The molecule has 0 bridgehead atoms. The van der Waals surface area contributed by atoms with E-state index >= 15 is 0 Å². The number of carbonyl (C=O) groups excluding carboxylic acids is 7. The Balaban J connectivity index is 1.23. The van der Waals surface area contributed by atoms with Crippen molar-refractivity contribution in [2.75, 3.05) is 19.7 Å². The van der Waals surface area contributed by atoms with Gasteiger partial charge in [0.15, 0.2) is 0 Å². The summed E-state index contributed by atoms with van der Waals surface area (Å²) in [6, 6.07) is 13.2. The summed E-state index contributed by atoms with van der Waals surface area (Å²) < 4.78 is 0. The van der Waals surface area contributed by atoms with Crippen molar-refractivity contribution in [3.63, 3.8) is 0 Å². The predicted molar refractivity (Wildman–Crippen MR) is 212 cm³/mol. The molecule has 3 aromatic rings. The van der Waals surface area contributed by atoms with Crippen LogP contribution in [0.3, 0.4) is 0 Å². The first-order valence-electron chi connectivity index (χ1n) is 19.3. The third-order valence-electron chi connectivity index (χ3n) is 10.3. The van der Waals surface area contributed by atoms with Crippen molar-refractivity contribution in [1.29, 1.82) is 0 Å². The minimum Gasteiger partial charge on any atom is -0.508 e. The molecule has 0 aromatic heterocycles. The van der Waals surface area contributed by atoms with Gasteiger partial charge in [0.05, 0.1) is 19.2 Å². The number of aromatic hydroxyl groups is 2. The summed E-state index contributed by atoms with van der Waals surface area (Å²) in [6.45, 7) is 0.693. The van der Waals surface area contributed by atoms with Gasteiger partial charge in [-0.1, -0.05) is 48.5 Å². The molecule has 7 amide bonds. The Kier molecular flexibility index (Phi) is 15.0. The molecule has 11 N–H and O–H groups in total. The first-order valence-corrected chi connectivity index (χ1v) is 19.3. The van der Waals surface area contributed by atoms with E-state index in [1.165, 1.54) is 24.0 Å². The molecule has 0 radical (unpaired) electrons. The van der Waals surface area contributed by atoms with E-state index in [1.807, 2.05) is 0 Å².